The van der Waals surface area contributed by atoms with Crippen LogP contribution in [0.15, 0.2) is 48.5 Å². The highest BCUT2D eigenvalue weighted by Crippen LogP contribution is 2.32. The van der Waals surface area contributed by atoms with E-state index in [0.717, 1.165) is 12.1 Å². The summed E-state index contributed by atoms with van der Waals surface area (Å²) in [6, 6.07) is 11.2. The first-order chi connectivity index (χ1) is 14.1. The summed E-state index contributed by atoms with van der Waals surface area (Å²) in [4.78, 5) is 27.5. The van der Waals surface area contributed by atoms with Crippen LogP contribution in [0.4, 0.5) is 24.5 Å². The number of nitrogens with one attached hydrogen (secondary N) is 1. The number of hydrogen-bond acceptors (Lipinski definition) is 4. The highest BCUT2D eigenvalue weighted by atomic mass is 19.4. The van der Waals surface area contributed by atoms with E-state index in [-0.39, 0.29) is 5.91 Å². The standard InChI is InChI=1S/C21H23F3N4O2/c1-14(20(30)26-17-7-5-15(6-8-17)19(25)29)27-9-11-28(12-10-27)18-4-2-3-16(13-18)21(22,23)24/h2-8,13-14H,9-12H2,1H3,(H2,25,29)(H,26,30)/t14-/m0/s1. The molecule has 6 nitrogen and oxygen atoms in total. The summed E-state index contributed by atoms with van der Waals surface area (Å²) in [6.07, 6.45) is -4.37. The van der Waals surface area contributed by atoms with Crippen molar-refractivity contribution in [1.29, 1.82) is 0 Å². The molecule has 3 N–H and O–H groups in total. The molecule has 9 heteroatoms. The minimum atomic E-state index is -4.37. The van der Waals surface area contributed by atoms with Gasteiger partial charge >= 0.3 is 6.18 Å². The molecule has 0 spiro atoms. The molecule has 3 rings (SSSR count). The third kappa shape index (κ3) is 5.10. The number of anilines is 2. The smallest absolute Gasteiger partial charge is 0.369 e. The van der Waals surface area contributed by atoms with Gasteiger partial charge in [-0.25, -0.2) is 0 Å². The van der Waals surface area contributed by atoms with Gasteiger partial charge in [0.05, 0.1) is 11.6 Å². The van der Waals surface area contributed by atoms with Gasteiger partial charge in [-0.1, -0.05) is 6.07 Å². The molecule has 1 heterocycles. The summed E-state index contributed by atoms with van der Waals surface area (Å²) >= 11 is 0. The molecule has 0 bridgehead atoms. The Balaban J connectivity index is 1.56. The lowest BCUT2D eigenvalue weighted by molar-refractivity contribution is -0.137. The van der Waals surface area contributed by atoms with Crippen LogP contribution < -0.4 is 16.0 Å². The fraction of sp³-hybridized carbons (Fsp3) is 0.333. The average Bonchev–Trinajstić information content (AvgIpc) is 2.73. The van der Waals surface area contributed by atoms with Gasteiger partial charge in [-0.05, 0) is 49.4 Å². The van der Waals surface area contributed by atoms with Crippen molar-refractivity contribution in [3.8, 4) is 0 Å². The molecule has 0 saturated carbocycles. The summed E-state index contributed by atoms with van der Waals surface area (Å²) in [6.45, 7) is 3.92. The predicted octanol–water partition coefficient (Wildman–Crippen LogP) is 2.95. The highest BCUT2D eigenvalue weighted by Gasteiger charge is 2.31. The van der Waals surface area contributed by atoms with Crippen molar-refractivity contribution in [2.45, 2.75) is 19.1 Å². The molecule has 2 aromatic carbocycles. The molecule has 0 aromatic heterocycles. The van der Waals surface area contributed by atoms with Crippen molar-refractivity contribution >= 4 is 23.2 Å². The Bertz CT molecular complexity index is 907. The molecular formula is C21H23F3N4O2. The lowest BCUT2D eigenvalue weighted by Gasteiger charge is -2.38. The Labute approximate surface area is 172 Å². The topological polar surface area (TPSA) is 78.7 Å². The van der Waals surface area contributed by atoms with Gasteiger partial charge in [0.2, 0.25) is 11.8 Å². The van der Waals surface area contributed by atoms with E-state index >= 15 is 0 Å². The number of hydrogen-bond donors (Lipinski definition) is 2. The van der Waals surface area contributed by atoms with Crippen molar-refractivity contribution in [3.05, 3.63) is 59.7 Å². The summed E-state index contributed by atoms with van der Waals surface area (Å²) < 4.78 is 38.8. The molecular weight excluding hydrogens is 397 g/mol. The zero-order valence-electron chi connectivity index (χ0n) is 16.4. The third-order valence-electron chi connectivity index (χ3n) is 5.22. The van der Waals surface area contributed by atoms with Crippen LogP contribution in [0.1, 0.15) is 22.8 Å². The van der Waals surface area contributed by atoms with Crippen LogP contribution in [0.5, 0.6) is 0 Å². The molecule has 2 amide bonds. The second-order valence-corrected chi connectivity index (χ2v) is 7.18. The van der Waals surface area contributed by atoms with Gasteiger partial charge in [0.1, 0.15) is 0 Å². The highest BCUT2D eigenvalue weighted by molar-refractivity contribution is 5.96. The van der Waals surface area contributed by atoms with E-state index in [4.69, 9.17) is 5.73 Å². The Morgan fingerprint density at radius 2 is 1.67 bits per heavy atom. The number of piperazine rings is 1. The fourth-order valence-corrected chi connectivity index (χ4v) is 3.38. The molecule has 30 heavy (non-hydrogen) atoms. The van der Waals surface area contributed by atoms with Gasteiger partial charge in [0.15, 0.2) is 0 Å². The Kier molecular flexibility index (Phi) is 6.31. The first-order valence-corrected chi connectivity index (χ1v) is 9.52. The maximum Gasteiger partial charge on any atom is 0.416 e. The third-order valence-corrected chi connectivity index (χ3v) is 5.22. The molecule has 0 unspecified atom stereocenters. The van der Waals surface area contributed by atoms with E-state index in [1.165, 1.54) is 18.2 Å². The Morgan fingerprint density at radius 3 is 2.23 bits per heavy atom. The van der Waals surface area contributed by atoms with E-state index in [1.807, 2.05) is 9.80 Å². The number of carbonyl (C=O) groups excluding carboxylic acids is 2. The van der Waals surface area contributed by atoms with Crippen LogP contribution in [0.2, 0.25) is 0 Å². The molecule has 2 aromatic rings. The second kappa shape index (κ2) is 8.74. The molecule has 1 aliphatic heterocycles. The SMILES string of the molecule is C[C@@H](C(=O)Nc1ccc(C(N)=O)cc1)N1CCN(c2cccc(C(F)(F)F)c2)CC1. The Hall–Kier alpha value is -3.07. The number of benzene rings is 2. The normalized spacial score (nSPS) is 16.2. The maximum absolute atomic E-state index is 12.9. The van der Waals surface area contributed by atoms with Crippen LogP contribution in [0.3, 0.4) is 0 Å². The van der Waals surface area contributed by atoms with Gasteiger partial charge in [-0.15, -0.1) is 0 Å². The zero-order valence-corrected chi connectivity index (χ0v) is 16.4. The van der Waals surface area contributed by atoms with Gasteiger partial charge < -0.3 is 16.0 Å². The number of carbonyl (C=O) groups is 2. The lowest BCUT2D eigenvalue weighted by atomic mass is 10.1. The quantitative estimate of drug-likeness (QED) is 0.780. The minimum Gasteiger partial charge on any atom is -0.369 e. The van der Waals surface area contributed by atoms with E-state index in [9.17, 15) is 22.8 Å². The Morgan fingerprint density at radius 1 is 1.03 bits per heavy atom. The van der Waals surface area contributed by atoms with Gasteiger partial charge in [0, 0.05) is 43.1 Å². The van der Waals surface area contributed by atoms with Crippen molar-refractivity contribution in [1.82, 2.24) is 4.90 Å². The largest absolute Gasteiger partial charge is 0.416 e. The monoisotopic (exact) mass is 420 g/mol. The first kappa shape index (κ1) is 21.6. The minimum absolute atomic E-state index is 0.200. The van der Waals surface area contributed by atoms with Crippen LogP contribution in [-0.2, 0) is 11.0 Å². The van der Waals surface area contributed by atoms with Crippen molar-refractivity contribution in [2.24, 2.45) is 5.73 Å². The number of alkyl halides is 3. The molecule has 1 fully saturated rings. The molecule has 0 radical (unpaired) electrons. The maximum atomic E-state index is 12.9. The van der Waals surface area contributed by atoms with Gasteiger partial charge in [-0.3, -0.25) is 14.5 Å². The van der Waals surface area contributed by atoms with E-state index in [0.29, 0.717) is 43.1 Å². The number of rotatable bonds is 5. The van der Waals surface area contributed by atoms with Crippen molar-refractivity contribution < 1.29 is 22.8 Å². The molecule has 1 saturated heterocycles. The number of halogens is 3. The average molecular weight is 420 g/mol. The van der Waals surface area contributed by atoms with Crippen LogP contribution in [-0.4, -0.2) is 48.9 Å². The van der Waals surface area contributed by atoms with E-state index in [1.54, 1.807) is 25.1 Å². The summed E-state index contributed by atoms with van der Waals surface area (Å²) in [5, 5.41) is 2.80. The molecule has 1 aliphatic rings. The van der Waals surface area contributed by atoms with E-state index in [2.05, 4.69) is 5.32 Å². The molecule has 160 valence electrons. The van der Waals surface area contributed by atoms with Crippen LogP contribution in [0.25, 0.3) is 0 Å². The fourth-order valence-electron chi connectivity index (χ4n) is 3.38. The number of primary amides is 1. The van der Waals surface area contributed by atoms with Crippen LogP contribution in [0, 0.1) is 0 Å². The summed E-state index contributed by atoms with van der Waals surface area (Å²) in [5.41, 5.74) is 5.96. The van der Waals surface area contributed by atoms with Crippen molar-refractivity contribution in [2.75, 3.05) is 36.4 Å². The number of amides is 2. The lowest BCUT2D eigenvalue weighted by Crippen LogP contribution is -2.52. The number of nitrogens with two attached hydrogens (primary N) is 1. The second-order valence-electron chi connectivity index (χ2n) is 7.18. The number of nitrogens with zero attached hydrogens (tertiary/aromatic N) is 2. The van der Waals surface area contributed by atoms with Gasteiger partial charge in [-0.2, -0.15) is 13.2 Å². The van der Waals surface area contributed by atoms with Crippen LogP contribution >= 0.6 is 0 Å². The van der Waals surface area contributed by atoms with E-state index < -0.39 is 23.7 Å². The van der Waals surface area contributed by atoms with Crippen molar-refractivity contribution in [3.63, 3.8) is 0 Å². The first-order valence-electron chi connectivity index (χ1n) is 9.52. The molecule has 1 atom stereocenters. The zero-order chi connectivity index (χ0) is 21.9. The summed E-state index contributed by atoms with van der Waals surface area (Å²) in [5.74, 6) is -0.741. The summed E-state index contributed by atoms with van der Waals surface area (Å²) in [7, 11) is 0. The molecule has 0 aliphatic carbocycles. The predicted molar refractivity (Wildman–Crippen MR) is 108 cm³/mol. The van der Waals surface area contributed by atoms with Gasteiger partial charge in [0.25, 0.3) is 0 Å².